The Morgan fingerprint density at radius 1 is 1.33 bits per heavy atom. The SMILES string of the molecule is C=C1CCC2[C@](C)(CO)[C@H](O)CC[C@]2(C)[C@H]1CC(C1=CCOC1=O)n1cc(F)c(=O)[nH]c1=O. The number of rotatable bonds is 5. The van der Waals surface area contributed by atoms with Gasteiger partial charge in [-0.05, 0) is 55.4 Å². The molecule has 3 aliphatic rings. The largest absolute Gasteiger partial charge is 0.458 e. The van der Waals surface area contributed by atoms with Crippen LogP contribution in [-0.4, -0.2) is 45.1 Å². The second kappa shape index (κ2) is 8.36. The maximum Gasteiger partial charge on any atom is 0.336 e. The molecule has 0 bridgehead atoms. The van der Waals surface area contributed by atoms with E-state index in [1.54, 1.807) is 6.08 Å². The fourth-order valence-electron chi connectivity index (χ4n) is 6.59. The molecular weight excluding hydrogens is 431 g/mol. The van der Waals surface area contributed by atoms with Crippen LogP contribution < -0.4 is 11.2 Å². The van der Waals surface area contributed by atoms with E-state index in [9.17, 15) is 29.0 Å². The van der Waals surface area contributed by atoms with Crippen LogP contribution in [0.4, 0.5) is 4.39 Å². The van der Waals surface area contributed by atoms with E-state index in [0.29, 0.717) is 19.3 Å². The summed E-state index contributed by atoms with van der Waals surface area (Å²) >= 11 is 0. The molecule has 8 nitrogen and oxygen atoms in total. The maximum absolute atomic E-state index is 14.2. The molecule has 2 heterocycles. The number of aliphatic hydroxyl groups is 2. The average molecular weight is 463 g/mol. The summed E-state index contributed by atoms with van der Waals surface area (Å²) in [5.74, 6) is -1.88. The molecular formula is C24H31FN2O6. The number of nitrogens with one attached hydrogen (secondary N) is 1. The summed E-state index contributed by atoms with van der Waals surface area (Å²) < 4.78 is 20.3. The second-order valence-corrected chi connectivity index (χ2v) is 10.2. The number of carbonyl (C=O) groups excluding carboxylic acids is 1. The van der Waals surface area contributed by atoms with Crippen molar-refractivity contribution in [3.63, 3.8) is 0 Å². The van der Waals surface area contributed by atoms with Gasteiger partial charge in [0.1, 0.15) is 6.61 Å². The lowest BCUT2D eigenvalue weighted by molar-refractivity contribution is -0.153. The van der Waals surface area contributed by atoms with Gasteiger partial charge in [-0.25, -0.2) is 9.59 Å². The molecule has 0 amide bonds. The molecule has 0 saturated heterocycles. The lowest BCUT2D eigenvalue weighted by Gasteiger charge is -2.60. The Hall–Kier alpha value is -2.52. The molecule has 6 atom stereocenters. The summed E-state index contributed by atoms with van der Waals surface area (Å²) in [5.41, 5.74) is -1.78. The van der Waals surface area contributed by atoms with E-state index in [0.717, 1.165) is 22.8 Å². The Kier molecular flexibility index (Phi) is 5.99. The van der Waals surface area contributed by atoms with Gasteiger partial charge in [0.25, 0.3) is 5.56 Å². The van der Waals surface area contributed by atoms with Crippen LogP contribution in [0.3, 0.4) is 0 Å². The average Bonchev–Trinajstić information content (AvgIpc) is 3.19. The summed E-state index contributed by atoms with van der Waals surface area (Å²) in [5, 5.41) is 20.9. The molecule has 2 fully saturated rings. The molecule has 2 unspecified atom stereocenters. The first-order valence-electron chi connectivity index (χ1n) is 11.4. The van der Waals surface area contributed by atoms with Crippen LogP contribution in [-0.2, 0) is 9.53 Å². The molecule has 3 N–H and O–H groups in total. The highest BCUT2D eigenvalue weighted by atomic mass is 19.1. The number of aromatic amines is 1. The van der Waals surface area contributed by atoms with E-state index in [4.69, 9.17) is 4.74 Å². The van der Waals surface area contributed by atoms with Crippen molar-refractivity contribution in [2.24, 2.45) is 22.7 Å². The quantitative estimate of drug-likeness (QED) is 0.453. The Balaban J connectivity index is 1.79. The van der Waals surface area contributed by atoms with Gasteiger partial charge in [-0.15, -0.1) is 0 Å². The van der Waals surface area contributed by atoms with E-state index in [2.05, 4.69) is 13.5 Å². The zero-order chi connectivity index (χ0) is 24.1. The molecule has 2 saturated carbocycles. The summed E-state index contributed by atoms with van der Waals surface area (Å²) in [6.07, 6.45) is 4.70. The molecule has 4 rings (SSSR count). The van der Waals surface area contributed by atoms with Gasteiger partial charge in [-0.3, -0.25) is 14.3 Å². The lowest BCUT2D eigenvalue weighted by Crippen LogP contribution is -2.57. The van der Waals surface area contributed by atoms with Crippen LogP contribution >= 0.6 is 0 Å². The number of nitrogens with zero attached hydrogens (tertiary/aromatic N) is 1. The van der Waals surface area contributed by atoms with Crippen molar-refractivity contribution < 1.29 is 24.1 Å². The number of cyclic esters (lactones) is 1. The van der Waals surface area contributed by atoms with Crippen molar-refractivity contribution in [3.8, 4) is 0 Å². The van der Waals surface area contributed by atoms with Gasteiger partial charge in [0.05, 0.1) is 30.5 Å². The van der Waals surface area contributed by atoms with Crippen molar-refractivity contribution >= 4 is 5.97 Å². The van der Waals surface area contributed by atoms with Gasteiger partial charge in [0.2, 0.25) is 5.82 Å². The number of carbonyl (C=O) groups is 1. The zero-order valence-electron chi connectivity index (χ0n) is 19.0. The molecule has 0 aromatic carbocycles. The highest BCUT2D eigenvalue weighted by Gasteiger charge is 2.58. The minimum Gasteiger partial charge on any atom is -0.458 e. The Labute approximate surface area is 190 Å². The first-order chi connectivity index (χ1) is 15.5. The molecule has 1 aromatic rings. The smallest absolute Gasteiger partial charge is 0.336 e. The molecule has 9 heteroatoms. The predicted octanol–water partition coefficient (Wildman–Crippen LogP) is 1.83. The second-order valence-electron chi connectivity index (χ2n) is 10.2. The highest BCUT2D eigenvalue weighted by Crippen LogP contribution is 2.62. The topological polar surface area (TPSA) is 122 Å². The number of fused-ring (bicyclic) bond motifs is 1. The van der Waals surface area contributed by atoms with Crippen molar-refractivity contribution in [3.05, 3.63) is 56.7 Å². The number of ether oxygens (including phenoxy) is 1. The first-order valence-corrected chi connectivity index (χ1v) is 11.4. The van der Waals surface area contributed by atoms with E-state index in [-0.39, 0.29) is 42.5 Å². The normalized spacial score (nSPS) is 35.1. The third-order valence-corrected chi connectivity index (χ3v) is 8.52. The fourth-order valence-corrected chi connectivity index (χ4v) is 6.59. The van der Waals surface area contributed by atoms with E-state index >= 15 is 0 Å². The standard InChI is InChI=1S/C24H31FN2O6/c1-13-4-5-18-23(2,8-6-19(29)24(18,3)12-28)15(13)10-17(14-7-9-33-21(14)31)27-11-16(25)20(30)26-22(27)32/h7,11,15,17-19,28-29H,1,4-6,8-10,12H2,2-3H3,(H,26,30,32)/t15-,17?,18?,19+,23+,24-/m0/s1. The van der Waals surface area contributed by atoms with Crippen LogP contribution in [0.1, 0.15) is 52.0 Å². The molecule has 1 aliphatic heterocycles. The number of aliphatic hydroxyl groups excluding tert-OH is 2. The Bertz CT molecular complexity index is 1120. The highest BCUT2D eigenvalue weighted by molar-refractivity contribution is 5.91. The number of halogens is 1. The van der Waals surface area contributed by atoms with Crippen LogP contribution in [0.15, 0.2) is 39.6 Å². The van der Waals surface area contributed by atoms with Gasteiger partial charge in [0, 0.05) is 5.41 Å². The Morgan fingerprint density at radius 3 is 2.70 bits per heavy atom. The third kappa shape index (κ3) is 3.71. The lowest BCUT2D eigenvalue weighted by atomic mass is 9.46. The predicted molar refractivity (Wildman–Crippen MR) is 118 cm³/mol. The Morgan fingerprint density at radius 2 is 2.06 bits per heavy atom. The van der Waals surface area contributed by atoms with Crippen molar-refractivity contribution in [2.45, 2.75) is 58.1 Å². The van der Waals surface area contributed by atoms with Crippen molar-refractivity contribution in [1.82, 2.24) is 9.55 Å². The maximum atomic E-state index is 14.2. The van der Waals surface area contributed by atoms with Crippen LogP contribution in [0.5, 0.6) is 0 Å². The molecule has 180 valence electrons. The summed E-state index contributed by atoms with van der Waals surface area (Å²) in [7, 11) is 0. The molecule has 0 radical (unpaired) electrons. The first kappa shape index (κ1) is 23.6. The number of H-pyrrole nitrogens is 1. The summed E-state index contributed by atoms with van der Waals surface area (Å²) in [4.78, 5) is 38.7. The monoisotopic (exact) mass is 462 g/mol. The zero-order valence-corrected chi connectivity index (χ0v) is 19.0. The minimum atomic E-state index is -1.12. The van der Waals surface area contributed by atoms with Gasteiger partial charge in [-0.2, -0.15) is 4.39 Å². The van der Waals surface area contributed by atoms with Crippen molar-refractivity contribution in [2.75, 3.05) is 13.2 Å². The van der Waals surface area contributed by atoms with E-state index in [1.807, 2.05) is 11.9 Å². The number of esters is 1. The summed E-state index contributed by atoms with van der Waals surface area (Å²) in [6.45, 7) is 8.21. The minimum absolute atomic E-state index is 0.0107. The summed E-state index contributed by atoms with van der Waals surface area (Å²) in [6, 6.07) is -0.858. The van der Waals surface area contributed by atoms with E-state index in [1.165, 1.54) is 0 Å². The molecule has 2 aliphatic carbocycles. The van der Waals surface area contributed by atoms with Gasteiger partial charge >= 0.3 is 11.7 Å². The number of hydrogen-bond acceptors (Lipinski definition) is 6. The van der Waals surface area contributed by atoms with Gasteiger partial charge < -0.3 is 14.9 Å². The van der Waals surface area contributed by atoms with E-state index < -0.39 is 40.6 Å². The van der Waals surface area contributed by atoms with Gasteiger partial charge in [-0.1, -0.05) is 26.0 Å². The number of aromatic nitrogens is 2. The number of allylic oxidation sites excluding steroid dienone is 1. The van der Waals surface area contributed by atoms with Crippen LogP contribution in [0.25, 0.3) is 0 Å². The number of hydrogen-bond donors (Lipinski definition) is 3. The van der Waals surface area contributed by atoms with Crippen LogP contribution in [0, 0.1) is 28.5 Å². The molecule has 1 aromatic heterocycles. The fraction of sp³-hybridized carbons (Fsp3) is 0.625. The third-order valence-electron chi connectivity index (χ3n) is 8.52. The molecule has 0 spiro atoms. The van der Waals surface area contributed by atoms with Gasteiger partial charge in [0.15, 0.2) is 0 Å². The van der Waals surface area contributed by atoms with Crippen molar-refractivity contribution in [1.29, 1.82) is 0 Å². The van der Waals surface area contributed by atoms with Crippen LogP contribution in [0.2, 0.25) is 0 Å². The molecule has 33 heavy (non-hydrogen) atoms.